The van der Waals surface area contributed by atoms with Crippen LogP contribution in [0, 0.1) is 6.92 Å². The molecule has 3 heteroatoms. The monoisotopic (exact) mass is 358 g/mol. The number of benzene rings is 2. The topological polar surface area (TPSA) is 34.8 Å². The molecule has 0 aromatic heterocycles. The summed E-state index contributed by atoms with van der Waals surface area (Å²) in [5, 5.41) is 8.99. The van der Waals surface area contributed by atoms with Crippen molar-refractivity contribution < 1.29 is 10.1 Å². The highest BCUT2D eigenvalue weighted by atomic mass is 28.3. The number of nitrogens with two attached hydrogens (primary N) is 1. The van der Waals surface area contributed by atoms with Crippen LogP contribution in [0.5, 0.6) is 5.75 Å². The van der Waals surface area contributed by atoms with Crippen molar-refractivity contribution in [2.24, 2.45) is 0 Å². The van der Waals surface area contributed by atoms with E-state index >= 15 is 0 Å². The number of aryl methyl sites for hydroxylation is 1. The molecule has 0 saturated heterocycles. The van der Waals surface area contributed by atoms with Crippen LogP contribution in [0.4, 0.5) is 0 Å². The fourth-order valence-corrected chi connectivity index (χ4v) is 7.20. The molecule has 0 spiro atoms. The second-order valence-corrected chi connectivity index (χ2v) is 11.9. The summed E-state index contributed by atoms with van der Waals surface area (Å²) in [5.74, 6) is 0.917. The highest BCUT2D eigenvalue weighted by Crippen LogP contribution is 2.42. The van der Waals surface area contributed by atoms with Crippen molar-refractivity contribution >= 4 is 24.5 Å². The Kier molecular flexibility index (Phi) is 3.85. The molecule has 0 atom stereocenters. The van der Waals surface area contributed by atoms with Crippen LogP contribution in [0.2, 0.25) is 13.1 Å². The van der Waals surface area contributed by atoms with Gasteiger partial charge in [-0.1, -0.05) is 43.4 Å². The second-order valence-electron chi connectivity index (χ2n) is 7.53. The van der Waals surface area contributed by atoms with Crippen LogP contribution < -0.4 is 15.3 Å². The highest BCUT2D eigenvalue weighted by molar-refractivity contribution is 6.98. The minimum Gasteiger partial charge on any atom is -0.497 e. The van der Waals surface area contributed by atoms with Crippen molar-refractivity contribution in [2.45, 2.75) is 20.0 Å². The molecular weight excluding hydrogens is 334 g/mol. The van der Waals surface area contributed by atoms with Crippen LogP contribution in [0.15, 0.2) is 71.5 Å². The third-order valence-electron chi connectivity index (χ3n) is 5.57. The van der Waals surface area contributed by atoms with Crippen molar-refractivity contribution in [3.63, 3.8) is 0 Å². The number of methoxy groups -OCH3 is 1. The predicted octanol–water partition coefficient (Wildman–Crippen LogP) is 2.97. The van der Waals surface area contributed by atoms with Gasteiger partial charge in [-0.25, -0.2) is 0 Å². The Morgan fingerprint density at radius 1 is 0.962 bits per heavy atom. The molecule has 0 amide bonds. The van der Waals surface area contributed by atoms with Gasteiger partial charge in [-0.3, -0.25) is 5.41 Å². The molecule has 2 nitrogen and oxygen atoms in total. The van der Waals surface area contributed by atoms with Crippen LogP contribution in [0.1, 0.15) is 16.7 Å². The molecule has 1 heterocycles. The maximum absolute atomic E-state index is 6.18. The van der Waals surface area contributed by atoms with E-state index in [1.54, 1.807) is 7.11 Å². The van der Waals surface area contributed by atoms with E-state index in [2.05, 4.69) is 74.6 Å². The smallest absolute Gasteiger partial charge is 0.196 e. The Bertz CT molecular complexity index is 1020. The van der Waals surface area contributed by atoms with Gasteiger partial charge >= 0.3 is 0 Å². The van der Waals surface area contributed by atoms with Crippen molar-refractivity contribution in [1.29, 1.82) is 0 Å². The minimum absolute atomic E-state index is 0.833. The number of rotatable bonds is 2. The fourth-order valence-electron chi connectivity index (χ4n) is 4.12. The molecule has 2 aromatic carbocycles. The molecule has 2 aliphatic rings. The number of fused-ring (bicyclic) bond motifs is 2. The maximum Gasteiger partial charge on any atom is 0.196 e. The molecule has 130 valence electrons. The summed E-state index contributed by atoms with van der Waals surface area (Å²) in [6.45, 7) is 6.98. The van der Waals surface area contributed by atoms with Crippen molar-refractivity contribution in [1.82, 2.24) is 0 Å². The average molecular weight is 359 g/mol. The Labute approximate surface area is 156 Å². The van der Waals surface area contributed by atoms with Gasteiger partial charge in [-0.05, 0) is 63.4 Å². The summed E-state index contributed by atoms with van der Waals surface area (Å²) in [5.41, 5.74) is 7.36. The van der Waals surface area contributed by atoms with Crippen LogP contribution >= 0.6 is 0 Å². The van der Waals surface area contributed by atoms with Gasteiger partial charge in [-0.2, -0.15) is 0 Å². The zero-order chi connectivity index (χ0) is 18.5. The van der Waals surface area contributed by atoms with Crippen LogP contribution in [-0.4, -0.2) is 20.9 Å². The Morgan fingerprint density at radius 2 is 1.73 bits per heavy atom. The quantitative estimate of drug-likeness (QED) is 0.823. The van der Waals surface area contributed by atoms with Gasteiger partial charge in [0.25, 0.3) is 0 Å². The largest absolute Gasteiger partial charge is 0.497 e. The first-order chi connectivity index (χ1) is 12.4. The lowest BCUT2D eigenvalue weighted by Gasteiger charge is -2.37. The van der Waals surface area contributed by atoms with Crippen LogP contribution in [0.3, 0.4) is 0 Å². The maximum atomic E-state index is 6.18. The standard InChI is InChI=1S/C23H23NOSi/c1-15-7-5-6-8-18(15)23-19-11-9-16(24)13-21(19)26(3,4)22-14-17(25-2)10-12-20(22)23/h5-14,24H,1-4H3/p+1. The second kappa shape index (κ2) is 5.96. The average Bonchev–Trinajstić information content (AvgIpc) is 2.63. The first-order valence-corrected chi connectivity index (χ1v) is 12.0. The molecule has 26 heavy (non-hydrogen) atoms. The lowest BCUT2D eigenvalue weighted by atomic mass is 9.88. The van der Waals surface area contributed by atoms with E-state index in [1.807, 2.05) is 6.08 Å². The van der Waals surface area contributed by atoms with Gasteiger partial charge in [-0.15, -0.1) is 0 Å². The van der Waals surface area contributed by atoms with E-state index in [4.69, 9.17) is 10.1 Å². The summed E-state index contributed by atoms with van der Waals surface area (Å²) in [4.78, 5) is 0. The SMILES string of the molecule is COc1ccc2c(c1)[Si](C)(C)C1=CC(=[NH2+])C=CC1=C2c1ccccc1C. The molecule has 2 N–H and O–H groups in total. The summed E-state index contributed by atoms with van der Waals surface area (Å²) >= 11 is 0. The Morgan fingerprint density at radius 3 is 2.46 bits per heavy atom. The van der Waals surface area contributed by atoms with E-state index in [0.717, 1.165) is 11.5 Å². The molecule has 0 unspecified atom stereocenters. The number of hydrogen-bond acceptors (Lipinski definition) is 1. The highest BCUT2D eigenvalue weighted by Gasteiger charge is 2.40. The molecule has 1 aliphatic heterocycles. The molecule has 0 bridgehead atoms. The molecule has 1 aliphatic carbocycles. The molecule has 4 rings (SSSR count). The molecular formula is C23H24NOSi+. The van der Waals surface area contributed by atoms with Crippen molar-refractivity contribution in [3.05, 3.63) is 88.2 Å². The summed E-state index contributed by atoms with van der Waals surface area (Å²) < 4.78 is 5.54. The van der Waals surface area contributed by atoms with Gasteiger partial charge < -0.3 is 4.74 Å². The summed E-state index contributed by atoms with van der Waals surface area (Å²) in [6.07, 6.45) is 6.41. The molecule has 0 fully saturated rings. The fraction of sp³-hybridized carbons (Fsp3) is 0.174. The van der Waals surface area contributed by atoms with E-state index in [1.165, 1.54) is 38.2 Å². The molecule has 2 aromatic rings. The summed E-state index contributed by atoms with van der Waals surface area (Å²) in [6, 6.07) is 15.1. The van der Waals surface area contributed by atoms with E-state index in [9.17, 15) is 0 Å². The van der Waals surface area contributed by atoms with Gasteiger partial charge in [0.15, 0.2) is 5.71 Å². The van der Waals surface area contributed by atoms with Crippen LogP contribution in [0.25, 0.3) is 5.57 Å². The van der Waals surface area contributed by atoms with Gasteiger partial charge in [0.05, 0.1) is 7.11 Å². The Hall–Kier alpha value is -2.65. The first kappa shape index (κ1) is 16.8. The lowest BCUT2D eigenvalue weighted by molar-refractivity contribution is -0.110. The lowest BCUT2D eigenvalue weighted by Crippen LogP contribution is -2.50. The third-order valence-corrected chi connectivity index (χ3v) is 9.09. The summed E-state index contributed by atoms with van der Waals surface area (Å²) in [7, 11) is -0.151. The number of allylic oxidation sites excluding steroid dienone is 5. The van der Waals surface area contributed by atoms with E-state index in [0.29, 0.717) is 0 Å². The molecule has 0 radical (unpaired) electrons. The van der Waals surface area contributed by atoms with Gasteiger partial charge in [0.2, 0.25) is 0 Å². The third kappa shape index (κ3) is 2.43. The van der Waals surface area contributed by atoms with Gasteiger partial charge in [0, 0.05) is 12.2 Å². The molecule has 0 saturated carbocycles. The minimum atomic E-state index is -1.88. The van der Waals surface area contributed by atoms with Crippen molar-refractivity contribution in [3.8, 4) is 5.75 Å². The zero-order valence-electron chi connectivity index (χ0n) is 15.8. The zero-order valence-corrected chi connectivity index (χ0v) is 16.8. The van der Waals surface area contributed by atoms with E-state index in [-0.39, 0.29) is 0 Å². The number of ether oxygens (including phenoxy) is 1. The Balaban J connectivity index is 2.12. The van der Waals surface area contributed by atoms with Crippen LogP contribution in [-0.2, 0) is 0 Å². The number of hydrogen-bond donors (Lipinski definition) is 1. The van der Waals surface area contributed by atoms with E-state index < -0.39 is 8.07 Å². The first-order valence-electron chi connectivity index (χ1n) is 8.95. The predicted molar refractivity (Wildman–Crippen MR) is 111 cm³/mol. The van der Waals surface area contributed by atoms with Crippen molar-refractivity contribution in [2.75, 3.05) is 7.11 Å². The van der Waals surface area contributed by atoms with Gasteiger partial charge in [0.1, 0.15) is 13.8 Å². The normalized spacial score (nSPS) is 17.5.